The molecule has 2 bridgehead atoms. The number of phenols is 1. The smallest absolute Gasteiger partial charge is 0.411 e. The second-order valence-corrected chi connectivity index (χ2v) is 21.5. The van der Waals surface area contributed by atoms with E-state index < -0.39 is 71.4 Å². The highest BCUT2D eigenvalue weighted by atomic mass is 33.5. The van der Waals surface area contributed by atoms with E-state index in [0.29, 0.717) is 27.6 Å². The molecule has 4 heterocycles. The minimum absolute atomic E-state index is 0.00929. The number of ether oxygens (including phenoxy) is 6. The predicted molar refractivity (Wildman–Crippen MR) is 257 cm³/mol. The fourth-order valence-electron chi connectivity index (χ4n) is 8.73. The number of phenolic OH excluding ortho intramolecular Hbond substituents is 1. The second-order valence-electron chi connectivity index (χ2n) is 16.1. The van der Waals surface area contributed by atoms with Crippen molar-refractivity contribution in [1.29, 1.82) is 0 Å². The lowest BCUT2D eigenvalue weighted by atomic mass is 9.75. The van der Waals surface area contributed by atoms with Crippen molar-refractivity contribution in [3.05, 3.63) is 71.2 Å². The molecule has 0 radical (unpaired) electrons. The zero-order chi connectivity index (χ0) is 47.3. The number of ketones is 2. The van der Waals surface area contributed by atoms with Gasteiger partial charge in [-0.1, -0.05) is 65.2 Å². The van der Waals surface area contributed by atoms with Crippen LogP contribution < -0.4 is 10.6 Å². The number of hydrogen-bond donors (Lipinski definition) is 6. The average Bonchev–Trinajstić information content (AvgIpc) is 3.66. The molecule has 4 aliphatic rings. The number of carbonyl (C=O) groups is 3. The van der Waals surface area contributed by atoms with E-state index in [4.69, 9.17) is 28.4 Å². The van der Waals surface area contributed by atoms with Crippen molar-refractivity contribution < 1.29 is 58.1 Å². The Kier molecular flexibility index (Phi) is 16.3. The van der Waals surface area contributed by atoms with Crippen LogP contribution in [0, 0.1) is 23.7 Å². The Labute approximate surface area is 398 Å². The van der Waals surface area contributed by atoms with Crippen molar-refractivity contribution in [3.8, 4) is 29.4 Å². The molecule has 6 N–H and O–H groups in total. The number of fused-ring (bicyclic) bond motifs is 5. The molecule has 8 unspecified atom stereocenters. The molecular formula is C46H52N4O12S4. The molecule has 1 aromatic carbocycles. The van der Waals surface area contributed by atoms with Gasteiger partial charge in [-0.3, -0.25) is 19.9 Å². The van der Waals surface area contributed by atoms with Crippen LogP contribution in [-0.2, 0) is 33.2 Å². The molecule has 16 nitrogen and oxygen atoms in total. The van der Waals surface area contributed by atoms with Gasteiger partial charge in [0.15, 0.2) is 24.0 Å². The summed E-state index contributed by atoms with van der Waals surface area (Å²) in [7, 11) is 7.24. The fraction of sp³-hybridized carbons (Fsp3) is 0.478. The van der Waals surface area contributed by atoms with Crippen molar-refractivity contribution in [2.75, 3.05) is 39.1 Å². The predicted octanol–water partition coefficient (Wildman–Crippen LogP) is 5.19. The molecule has 2 aliphatic heterocycles. The third-order valence-corrected chi connectivity index (χ3v) is 16.9. The number of pyridine rings is 1. The molecule has 2 fully saturated rings. The van der Waals surface area contributed by atoms with Crippen LogP contribution in [0.3, 0.4) is 0 Å². The molecule has 0 spiro atoms. The first-order chi connectivity index (χ1) is 31.7. The highest BCUT2D eigenvalue weighted by molar-refractivity contribution is 9.09. The number of rotatable bonds is 15. The molecule has 1 amide bonds. The van der Waals surface area contributed by atoms with Crippen molar-refractivity contribution >= 4 is 82.6 Å². The molecule has 0 saturated carbocycles. The number of aromatic hydroxyl groups is 1. The van der Waals surface area contributed by atoms with Crippen LogP contribution in [0.25, 0.3) is 21.8 Å². The molecular weight excluding hydrogens is 929 g/mol. The van der Waals surface area contributed by atoms with Gasteiger partial charge in [0.1, 0.15) is 34.5 Å². The van der Waals surface area contributed by atoms with Crippen LogP contribution in [0.1, 0.15) is 44.1 Å². The summed E-state index contributed by atoms with van der Waals surface area (Å²) < 4.78 is 35.5. The number of nitrogens with zero attached hydrogens (tertiary/aromatic N) is 1. The summed E-state index contributed by atoms with van der Waals surface area (Å²) in [4.78, 5) is 50.1. The minimum atomic E-state index is -2.04. The summed E-state index contributed by atoms with van der Waals surface area (Å²) in [5.41, 5.74) is -1.07. The van der Waals surface area contributed by atoms with E-state index in [9.17, 15) is 24.9 Å². The van der Waals surface area contributed by atoms with Gasteiger partial charge in [0.25, 0.3) is 0 Å². The number of alkyl carbamates (subject to hydrolysis) is 1. The van der Waals surface area contributed by atoms with Crippen LogP contribution in [0.15, 0.2) is 65.5 Å². The number of Topliss-reactive ketones (excluding diaryl/α,β-unsaturated/α-hetero) is 2. The van der Waals surface area contributed by atoms with E-state index in [2.05, 4.69) is 44.3 Å². The lowest BCUT2D eigenvalue weighted by Gasteiger charge is -2.51. The van der Waals surface area contributed by atoms with Crippen LogP contribution >= 0.6 is 43.2 Å². The van der Waals surface area contributed by atoms with Gasteiger partial charge in [0, 0.05) is 59.0 Å². The van der Waals surface area contributed by atoms with Gasteiger partial charge in [-0.15, -0.1) is 11.8 Å². The van der Waals surface area contributed by atoms with Crippen molar-refractivity contribution in [1.82, 2.24) is 20.6 Å². The largest absolute Gasteiger partial charge is 0.508 e. The standard InChI is InChI=1S/C46H52N4O12S4/c1-24(2)48-31-23-59-35(21-34(31)57-4)62-40-42(54)46(63-6,41(53)39-37-27(15-18-47-39)28-20-26(51)13-14-30(28)49-37)25(3)60-43(40)61-33-12-10-8-9-11-17-45(56)22-32(52)38(50-44(55)58-5)36(33)29(45)16-19-65-66-64-7/h8-9,13-16,18,20,24-25,31,33-35,40,42-43,48-49,51,54,56H,19,21-23H2,1-7H3,(H,50,55)/b9-8-,29-16+/t25?,31?,33-,34?,35?,40?,42?,43?,45-,46?/m0/s1. The molecule has 20 heteroatoms. The summed E-state index contributed by atoms with van der Waals surface area (Å²) in [5.74, 6) is 10.7. The molecule has 10 atom stereocenters. The first-order valence-corrected chi connectivity index (χ1v) is 26.3. The van der Waals surface area contributed by atoms with Crippen molar-refractivity contribution in [3.63, 3.8) is 0 Å². The number of H-pyrrole nitrogens is 1. The number of allylic oxidation sites excluding steroid dienone is 3. The van der Waals surface area contributed by atoms with E-state index in [1.165, 1.54) is 55.8 Å². The Morgan fingerprint density at radius 3 is 2.65 bits per heavy atom. The second kappa shape index (κ2) is 21.5. The van der Waals surface area contributed by atoms with Crippen LogP contribution in [0.5, 0.6) is 5.75 Å². The van der Waals surface area contributed by atoms with E-state index in [0.717, 1.165) is 18.9 Å². The number of aliphatic hydroxyl groups excluding tert-OH is 1. The van der Waals surface area contributed by atoms with E-state index in [-0.39, 0.29) is 59.5 Å². The summed E-state index contributed by atoms with van der Waals surface area (Å²) in [5, 5.41) is 42.8. The monoisotopic (exact) mass is 980 g/mol. The Morgan fingerprint density at radius 2 is 1.92 bits per heavy atom. The quantitative estimate of drug-likeness (QED) is 0.0500. The number of hydrogen-bond acceptors (Lipinski definition) is 18. The third-order valence-electron chi connectivity index (χ3n) is 11.7. The number of methoxy groups -OCH3 is 2. The zero-order valence-electron chi connectivity index (χ0n) is 37.2. The van der Waals surface area contributed by atoms with E-state index in [1.807, 2.05) is 20.1 Å². The summed E-state index contributed by atoms with van der Waals surface area (Å²) in [6, 6.07) is 6.49. The van der Waals surface area contributed by atoms with E-state index in [1.54, 1.807) is 44.6 Å². The number of aromatic amines is 1. The summed E-state index contributed by atoms with van der Waals surface area (Å²) in [6.07, 6.45) is -0.292. The lowest BCUT2D eigenvalue weighted by Crippen LogP contribution is -2.69. The van der Waals surface area contributed by atoms with Gasteiger partial charge in [0.05, 0.1) is 49.6 Å². The third kappa shape index (κ3) is 10.1. The Balaban J connectivity index is 1.35. The number of carbonyl (C=O) groups excluding carboxylic acids is 3. The number of thioether (sulfide) groups is 1. The molecule has 2 aliphatic carbocycles. The SMILES string of the molecule is COC(=O)NC1=C2/C(=C\CSSSC)[C@](O)(C#C/C=C\C#C[C@@H]2OC2OC(C)C(SC)(C(=O)c3nccc4c3[nH]c3ccc(O)cc34)C(O)C2OC2CC(OC)C(NC(C)C)CO2)CC1=O. The number of benzene rings is 1. The summed E-state index contributed by atoms with van der Waals surface area (Å²) in [6.45, 7) is 5.83. The molecule has 352 valence electrons. The maximum atomic E-state index is 15.3. The van der Waals surface area contributed by atoms with Gasteiger partial charge < -0.3 is 54.0 Å². The highest BCUT2D eigenvalue weighted by Crippen LogP contribution is 2.47. The number of nitrogens with one attached hydrogen (secondary N) is 3. The van der Waals surface area contributed by atoms with Crippen molar-refractivity contribution in [2.24, 2.45) is 0 Å². The minimum Gasteiger partial charge on any atom is -0.508 e. The van der Waals surface area contributed by atoms with Gasteiger partial charge in [-0.2, -0.15) is 0 Å². The molecule has 3 aromatic rings. The van der Waals surface area contributed by atoms with Gasteiger partial charge in [0.2, 0.25) is 5.78 Å². The van der Waals surface area contributed by atoms with Gasteiger partial charge >= 0.3 is 6.09 Å². The number of aliphatic hydroxyl groups is 2. The zero-order valence-corrected chi connectivity index (χ0v) is 40.5. The molecule has 2 aromatic heterocycles. The van der Waals surface area contributed by atoms with Crippen LogP contribution in [-0.4, -0.2) is 148 Å². The number of amides is 1. The first kappa shape index (κ1) is 49.9. The molecule has 66 heavy (non-hydrogen) atoms. The van der Waals surface area contributed by atoms with Gasteiger partial charge in [-0.05, 0) is 65.7 Å². The number of aromatic nitrogens is 2. The fourth-order valence-corrected chi connectivity index (χ4v) is 12.2. The van der Waals surface area contributed by atoms with Gasteiger partial charge in [-0.25, -0.2) is 4.79 Å². The Morgan fingerprint density at radius 1 is 1.14 bits per heavy atom. The molecule has 7 rings (SSSR count). The first-order valence-electron chi connectivity index (χ1n) is 21.0. The Bertz CT molecular complexity index is 2560. The maximum absolute atomic E-state index is 15.3. The normalized spacial score (nSPS) is 31.0. The highest BCUT2D eigenvalue weighted by Gasteiger charge is 2.61. The maximum Gasteiger partial charge on any atom is 0.411 e. The van der Waals surface area contributed by atoms with E-state index >= 15 is 4.79 Å². The topological polar surface area (TPSA) is 220 Å². The lowest BCUT2D eigenvalue weighted by molar-refractivity contribution is -0.323. The van der Waals surface area contributed by atoms with Crippen LogP contribution in [0.4, 0.5) is 4.79 Å². The molecule has 2 saturated heterocycles. The van der Waals surface area contributed by atoms with Crippen molar-refractivity contribution in [2.45, 2.75) is 99.1 Å². The average molecular weight is 981 g/mol. The summed E-state index contributed by atoms with van der Waals surface area (Å²) >= 11 is 1.06. The van der Waals surface area contributed by atoms with Crippen LogP contribution in [0.2, 0.25) is 0 Å². The Hall–Kier alpha value is -4.00.